The van der Waals surface area contributed by atoms with Crippen LogP contribution in [0.1, 0.15) is 5.56 Å². The molecule has 0 aliphatic rings. The van der Waals surface area contributed by atoms with E-state index in [1.807, 2.05) is 0 Å². The molecule has 0 saturated heterocycles. The lowest BCUT2D eigenvalue weighted by Crippen LogP contribution is -2.14. The molecule has 0 aliphatic heterocycles. The molecule has 0 heterocycles. The van der Waals surface area contributed by atoms with Gasteiger partial charge < -0.3 is 0 Å². The van der Waals surface area contributed by atoms with Crippen molar-refractivity contribution in [1.29, 1.82) is 0 Å². The third-order valence-corrected chi connectivity index (χ3v) is 6.06. The van der Waals surface area contributed by atoms with Gasteiger partial charge in [-0.3, -0.25) is 4.72 Å². The van der Waals surface area contributed by atoms with Crippen molar-refractivity contribution in [3.63, 3.8) is 0 Å². The minimum absolute atomic E-state index is 0.131. The Hall–Kier alpha value is -1.78. The summed E-state index contributed by atoms with van der Waals surface area (Å²) in [5, 5.41) is -0.230. The van der Waals surface area contributed by atoms with E-state index >= 15 is 0 Å². The molecule has 0 aliphatic carbocycles. The molecule has 2 aromatic carbocycles. The van der Waals surface area contributed by atoms with Crippen molar-refractivity contribution in [2.45, 2.75) is 16.0 Å². The molecule has 11 heteroatoms. The highest BCUT2D eigenvalue weighted by Crippen LogP contribution is 2.31. The summed E-state index contributed by atoms with van der Waals surface area (Å²) >= 11 is 5.82. The van der Waals surface area contributed by atoms with Gasteiger partial charge in [0.05, 0.1) is 15.5 Å². The lowest BCUT2D eigenvalue weighted by Gasteiger charge is -2.12. The van der Waals surface area contributed by atoms with Gasteiger partial charge >= 0.3 is 6.18 Å². The normalized spacial score (nSPS) is 12.8. The maximum atomic E-state index is 12.5. The quantitative estimate of drug-likeness (QED) is 0.831. The summed E-state index contributed by atoms with van der Waals surface area (Å²) in [4.78, 5) is -0.762. The van der Waals surface area contributed by atoms with E-state index in [4.69, 9.17) is 11.6 Å². The van der Waals surface area contributed by atoms with E-state index in [1.165, 1.54) is 0 Å². The lowest BCUT2D eigenvalue weighted by atomic mass is 10.2. The Morgan fingerprint density at radius 2 is 1.52 bits per heavy atom. The van der Waals surface area contributed by atoms with E-state index in [1.54, 1.807) is 0 Å². The van der Waals surface area contributed by atoms with Gasteiger partial charge in [-0.2, -0.15) is 13.2 Å². The highest BCUT2D eigenvalue weighted by Gasteiger charge is 2.30. The Bertz CT molecular complexity index is 1000. The second-order valence-corrected chi connectivity index (χ2v) is 9.12. The fourth-order valence-electron chi connectivity index (χ4n) is 1.86. The molecule has 2 aromatic rings. The minimum atomic E-state index is -4.55. The first-order chi connectivity index (χ1) is 11.3. The summed E-state index contributed by atoms with van der Waals surface area (Å²) < 4.78 is 87.5. The van der Waals surface area contributed by atoms with E-state index in [0.717, 1.165) is 36.6 Å². The highest BCUT2D eigenvalue weighted by atomic mass is 35.5. The zero-order valence-corrected chi connectivity index (χ0v) is 14.9. The van der Waals surface area contributed by atoms with Crippen LogP contribution < -0.4 is 4.72 Å². The van der Waals surface area contributed by atoms with Gasteiger partial charge in [-0.1, -0.05) is 11.6 Å². The van der Waals surface area contributed by atoms with Crippen molar-refractivity contribution in [2.24, 2.45) is 0 Å². The maximum absolute atomic E-state index is 12.5. The molecule has 0 spiro atoms. The van der Waals surface area contributed by atoms with Gasteiger partial charge in [-0.05, 0) is 42.5 Å². The topological polar surface area (TPSA) is 80.3 Å². The summed E-state index contributed by atoms with van der Waals surface area (Å²) in [5.41, 5.74) is -1.07. The van der Waals surface area contributed by atoms with Gasteiger partial charge in [0.1, 0.15) is 4.90 Å². The molecule has 136 valence electrons. The van der Waals surface area contributed by atoms with Crippen molar-refractivity contribution in [3.8, 4) is 0 Å². The van der Waals surface area contributed by atoms with Gasteiger partial charge in [0.25, 0.3) is 10.0 Å². The first-order valence-corrected chi connectivity index (χ1v) is 10.3. The molecular weight excluding hydrogens is 403 g/mol. The molecule has 0 aromatic heterocycles. The van der Waals surface area contributed by atoms with Crippen LogP contribution in [0.25, 0.3) is 0 Å². The Balaban J connectivity index is 2.40. The first-order valence-electron chi connectivity index (χ1n) is 6.50. The van der Waals surface area contributed by atoms with Crippen molar-refractivity contribution < 1.29 is 30.0 Å². The molecule has 0 unspecified atom stereocenters. The second-order valence-electron chi connectivity index (χ2n) is 5.05. The maximum Gasteiger partial charge on any atom is 0.416 e. The summed E-state index contributed by atoms with van der Waals surface area (Å²) in [6.07, 6.45) is -3.65. The number of halogens is 4. The molecule has 0 amide bonds. The number of sulfonamides is 1. The SMILES string of the molecule is CS(=O)(=O)c1ccc(Cl)c(S(=O)(=O)Nc2ccc(C(F)(F)F)cc2)c1. The molecule has 0 atom stereocenters. The predicted octanol–water partition coefficient (Wildman–Crippen LogP) is 3.56. The molecular formula is C14H11ClF3NO4S2. The molecule has 5 nitrogen and oxygen atoms in total. The average Bonchev–Trinajstić information content (AvgIpc) is 2.45. The van der Waals surface area contributed by atoms with Crippen LogP contribution in [0.15, 0.2) is 52.3 Å². The zero-order chi connectivity index (χ0) is 19.0. The number of alkyl halides is 3. The van der Waals surface area contributed by atoms with Crippen molar-refractivity contribution >= 4 is 37.1 Å². The van der Waals surface area contributed by atoms with Crippen LogP contribution in [0.5, 0.6) is 0 Å². The summed E-state index contributed by atoms with van der Waals surface area (Å²) in [7, 11) is -7.98. The molecule has 0 radical (unpaired) electrons. The zero-order valence-electron chi connectivity index (χ0n) is 12.5. The number of hydrogen-bond donors (Lipinski definition) is 1. The molecule has 1 N–H and O–H groups in total. The van der Waals surface area contributed by atoms with Gasteiger partial charge in [0.2, 0.25) is 0 Å². The van der Waals surface area contributed by atoms with E-state index in [0.29, 0.717) is 12.1 Å². The van der Waals surface area contributed by atoms with Crippen molar-refractivity contribution in [3.05, 3.63) is 53.1 Å². The van der Waals surface area contributed by atoms with Gasteiger partial charge in [-0.15, -0.1) is 0 Å². The second kappa shape index (κ2) is 6.50. The van der Waals surface area contributed by atoms with Gasteiger partial charge in [0.15, 0.2) is 9.84 Å². The van der Waals surface area contributed by atoms with Crippen molar-refractivity contribution in [1.82, 2.24) is 0 Å². The highest BCUT2D eigenvalue weighted by molar-refractivity contribution is 7.93. The number of nitrogens with one attached hydrogen (secondary N) is 1. The first kappa shape index (κ1) is 19.5. The Labute approximate surface area is 147 Å². The van der Waals surface area contributed by atoms with E-state index in [-0.39, 0.29) is 15.6 Å². The molecule has 0 fully saturated rings. The third kappa shape index (κ3) is 4.65. The number of benzene rings is 2. The average molecular weight is 414 g/mol. The van der Waals surface area contributed by atoms with Crippen LogP contribution in [0.3, 0.4) is 0 Å². The van der Waals surface area contributed by atoms with Gasteiger partial charge in [-0.25, -0.2) is 16.8 Å². The standard InChI is InChI=1S/C14H11ClF3NO4S2/c1-24(20,21)11-6-7-12(15)13(8-11)25(22,23)19-10-4-2-9(3-5-10)14(16,17)18/h2-8,19H,1H3. The van der Waals surface area contributed by atoms with E-state index < -0.39 is 36.5 Å². The summed E-state index contributed by atoms with van der Waals surface area (Å²) in [5.74, 6) is 0. The van der Waals surface area contributed by atoms with Crippen LogP contribution in [-0.4, -0.2) is 23.1 Å². The third-order valence-electron chi connectivity index (χ3n) is 3.08. The molecule has 2 rings (SSSR count). The van der Waals surface area contributed by atoms with Crippen LogP contribution in [0.4, 0.5) is 18.9 Å². The number of hydrogen-bond acceptors (Lipinski definition) is 4. The van der Waals surface area contributed by atoms with Crippen LogP contribution in [0, 0.1) is 0 Å². The fraction of sp³-hybridized carbons (Fsp3) is 0.143. The van der Waals surface area contributed by atoms with E-state index in [2.05, 4.69) is 4.72 Å². The predicted molar refractivity (Wildman–Crippen MR) is 86.8 cm³/mol. The Morgan fingerprint density at radius 3 is 2.00 bits per heavy atom. The molecule has 0 saturated carbocycles. The lowest BCUT2D eigenvalue weighted by molar-refractivity contribution is -0.137. The minimum Gasteiger partial charge on any atom is -0.280 e. The monoisotopic (exact) mass is 413 g/mol. The number of sulfone groups is 1. The Morgan fingerprint density at radius 1 is 0.960 bits per heavy atom. The summed E-state index contributed by atoms with van der Waals surface area (Å²) in [6.45, 7) is 0. The van der Waals surface area contributed by atoms with Crippen molar-refractivity contribution in [2.75, 3.05) is 11.0 Å². The largest absolute Gasteiger partial charge is 0.416 e. The smallest absolute Gasteiger partial charge is 0.280 e. The number of anilines is 1. The summed E-state index contributed by atoms with van der Waals surface area (Å²) in [6, 6.07) is 6.44. The van der Waals surface area contributed by atoms with Gasteiger partial charge in [0, 0.05) is 11.9 Å². The van der Waals surface area contributed by atoms with E-state index in [9.17, 15) is 30.0 Å². The number of rotatable bonds is 4. The molecule has 25 heavy (non-hydrogen) atoms. The molecule has 0 bridgehead atoms. The van der Waals surface area contributed by atoms with Crippen LogP contribution in [-0.2, 0) is 26.0 Å². The van der Waals surface area contributed by atoms with Crippen LogP contribution in [0.2, 0.25) is 5.02 Å². The van der Waals surface area contributed by atoms with Crippen LogP contribution >= 0.6 is 11.6 Å². The Kier molecular flexibility index (Phi) is 5.08. The fourth-order valence-corrected chi connectivity index (χ4v) is 4.16.